The van der Waals surface area contributed by atoms with Crippen LogP contribution < -0.4 is 20.1 Å². The van der Waals surface area contributed by atoms with Crippen LogP contribution in [0.25, 0.3) is 0 Å². The van der Waals surface area contributed by atoms with E-state index >= 15 is 0 Å². The number of nitrogens with one attached hydrogen (secondary N) is 2. The van der Waals surface area contributed by atoms with Crippen LogP contribution in [0.4, 0.5) is 10.5 Å². The van der Waals surface area contributed by atoms with Gasteiger partial charge in [-0.3, -0.25) is 0 Å². The predicted molar refractivity (Wildman–Crippen MR) is 96.0 cm³/mol. The van der Waals surface area contributed by atoms with Crippen molar-refractivity contribution in [2.45, 2.75) is 19.8 Å². The van der Waals surface area contributed by atoms with Crippen molar-refractivity contribution in [3.05, 3.63) is 54.1 Å². The third-order valence-corrected chi connectivity index (χ3v) is 3.55. The van der Waals surface area contributed by atoms with Crippen molar-refractivity contribution in [3.8, 4) is 11.5 Å². The number of anilines is 1. The van der Waals surface area contributed by atoms with Gasteiger partial charge < -0.3 is 20.1 Å². The summed E-state index contributed by atoms with van der Waals surface area (Å²) >= 11 is 0. The van der Waals surface area contributed by atoms with E-state index in [2.05, 4.69) is 24.5 Å². The Hall–Kier alpha value is -2.69. The first kappa shape index (κ1) is 17.7. The lowest BCUT2D eigenvalue weighted by molar-refractivity contribution is 0.247. The molecule has 2 aromatic carbocycles. The van der Waals surface area contributed by atoms with Gasteiger partial charge in [0, 0.05) is 5.69 Å². The maximum absolute atomic E-state index is 12.0. The van der Waals surface area contributed by atoms with Gasteiger partial charge in [-0.1, -0.05) is 32.0 Å². The van der Waals surface area contributed by atoms with Gasteiger partial charge in [-0.2, -0.15) is 0 Å². The fourth-order valence-electron chi connectivity index (χ4n) is 2.29. The topological polar surface area (TPSA) is 59.6 Å². The average Bonchev–Trinajstić information content (AvgIpc) is 2.59. The molecular formula is C19H24N2O3. The van der Waals surface area contributed by atoms with E-state index in [0.29, 0.717) is 19.1 Å². The monoisotopic (exact) mass is 328 g/mol. The summed E-state index contributed by atoms with van der Waals surface area (Å²) in [4.78, 5) is 12.0. The summed E-state index contributed by atoms with van der Waals surface area (Å²) in [6, 6.07) is 14.9. The van der Waals surface area contributed by atoms with Crippen LogP contribution in [0.1, 0.15) is 25.3 Å². The third kappa shape index (κ3) is 5.19. The summed E-state index contributed by atoms with van der Waals surface area (Å²) < 4.78 is 10.7. The van der Waals surface area contributed by atoms with Crippen molar-refractivity contribution in [2.24, 2.45) is 0 Å². The Kier molecular flexibility index (Phi) is 6.49. The highest BCUT2D eigenvalue weighted by Gasteiger charge is 2.08. The number of urea groups is 1. The molecule has 0 radical (unpaired) electrons. The van der Waals surface area contributed by atoms with Gasteiger partial charge in [-0.25, -0.2) is 4.79 Å². The number of para-hydroxylation sites is 1. The van der Waals surface area contributed by atoms with E-state index in [1.54, 1.807) is 7.11 Å². The second kappa shape index (κ2) is 8.82. The number of hydrogen-bond donors (Lipinski definition) is 2. The van der Waals surface area contributed by atoms with Gasteiger partial charge in [0.1, 0.15) is 18.1 Å². The lowest BCUT2D eigenvalue weighted by Crippen LogP contribution is -2.32. The zero-order valence-electron chi connectivity index (χ0n) is 14.3. The number of methoxy groups -OCH3 is 1. The van der Waals surface area contributed by atoms with Crippen molar-refractivity contribution in [1.82, 2.24) is 5.32 Å². The SMILES string of the molecule is COc1ccc(OCCNC(=O)Nc2ccccc2C(C)C)cc1. The molecule has 0 aromatic heterocycles. The molecule has 24 heavy (non-hydrogen) atoms. The first-order valence-corrected chi connectivity index (χ1v) is 8.00. The highest BCUT2D eigenvalue weighted by atomic mass is 16.5. The number of carbonyl (C=O) groups is 1. The van der Waals surface area contributed by atoms with Gasteiger partial charge in [0.25, 0.3) is 0 Å². The second-order valence-corrected chi connectivity index (χ2v) is 5.65. The molecule has 0 saturated heterocycles. The summed E-state index contributed by atoms with van der Waals surface area (Å²) in [5.41, 5.74) is 1.95. The number of hydrogen-bond acceptors (Lipinski definition) is 3. The number of carbonyl (C=O) groups excluding carboxylic acids is 1. The van der Waals surface area contributed by atoms with E-state index in [9.17, 15) is 4.79 Å². The van der Waals surface area contributed by atoms with Crippen LogP contribution in [0.2, 0.25) is 0 Å². The normalized spacial score (nSPS) is 10.3. The van der Waals surface area contributed by atoms with Crippen LogP contribution in [0.5, 0.6) is 11.5 Å². The van der Waals surface area contributed by atoms with Crippen molar-refractivity contribution in [1.29, 1.82) is 0 Å². The van der Waals surface area contributed by atoms with Crippen molar-refractivity contribution < 1.29 is 14.3 Å². The van der Waals surface area contributed by atoms with Crippen molar-refractivity contribution in [3.63, 3.8) is 0 Å². The maximum atomic E-state index is 12.0. The molecule has 2 aromatic rings. The molecule has 0 unspecified atom stereocenters. The van der Waals surface area contributed by atoms with Gasteiger partial charge >= 0.3 is 6.03 Å². The fourth-order valence-corrected chi connectivity index (χ4v) is 2.29. The lowest BCUT2D eigenvalue weighted by atomic mass is 10.0. The van der Waals surface area contributed by atoms with Crippen LogP contribution in [0.3, 0.4) is 0 Å². The minimum atomic E-state index is -0.235. The molecular weight excluding hydrogens is 304 g/mol. The highest BCUT2D eigenvalue weighted by molar-refractivity contribution is 5.90. The minimum absolute atomic E-state index is 0.235. The van der Waals surface area contributed by atoms with E-state index in [-0.39, 0.29) is 6.03 Å². The molecule has 2 N–H and O–H groups in total. The van der Waals surface area contributed by atoms with Crippen molar-refractivity contribution in [2.75, 3.05) is 25.6 Å². The fraction of sp³-hybridized carbons (Fsp3) is 0.316. The molecule has 2 rings (SSSR count). The molecule has 0 aliphatic rings. The Labute approximate surface area is 143 Å². The molecule has 128 valence electrons. The van der Waals surface area contributed by atoms with Crippen LogP contribution >= 0.6 is 0 Å². The first-order valence-electron chi connectivity index (χ1n) is 8.00. The van der Waals surface area contributed by atoms with Gasteiger partial charge in [0.05, 0.1) is 13.7 Å². The molecule has 0 aliphatic carbocycles. The van der Waals surface area contributed by atoms with Gasteiger partial charge in [-0.05, 0) is 41.8 Å². The van der Waals surface area contributed by atoms with E-state index in [1.807, 2.05) is 48.5 Å². The molecule has 0 spiro atoms. The summed E-state index contributed by atoms with van der Waals surface area (Å²) in [6.07, 6.45) is 0. The molecule has 5 nitrogen and oxygen atoms in total. The molecule has 0 bridgehead atoms. The Morgan fingerprint density at radius 3 is 2.38 bits per heavy atom. The molecule has 2 amide bonds. The third-order valence-electron chi connectivity index (χ3n) is 3.55. The molecule has 0 saturated carbocycles. The minimum Gasteiger partial charge on any atom is -0.497 e. The number of amides is 2. The van der Waals surface area contributed by atoms with E-state index in [4.69, 9.17) is 9.47 Å². The number of ether oxygens (including phenoxy) is 2. The number of benzene rings is 2. The maximum Gasteiger partial charge on any atom is 0.319 e. The molecule has 5 heteroatoms. The van der Waals surface area contributed by atoms with E-state index in [0.717, 1.165) is 22.7 Å². The Morgan fingerprint density at radius 1 is 1.04 bits per heavy atom. The van der Waals surface area contributed by atoms with Crippen LogP contribution in [0, 0.1) is 0 Å². The van der Waals surface area contributed by atoms with Gasteiger partial charge in [0.2, 0.25) is 0 Å². The first-order chi connectivity index (χ1) is 11.6. The van der Waals surface area contributed by atoms with Crippen LogP contribution in [0.15, 0.2) is 48.5 Å². The summed E-state index contributed by atoms with van der Waals surface area (Å²) in [5, 5.41) is 5.67. The zero-order valence-corrected chi connectivity index (χ0v) is 14.3. The second-order valence-electron chi connectivity index (χ2n) is 5.65. The Morgan fingerprint density at radius 2 is 1.71 bits per heavy atom. The van der Waals surface area contributed by atoms with Gasteiger partial charge in [-0.15, -0.1) is 0 Å². The van der Waals surface area contributed by atoms with E-state index in [1.165, 1.54) is 0 Å². The predicted octanol–water partition coefficient (Wildman–Crippen LogP) is 4.02. The van der Waals surface area contributed by atoms with Crippen molar-refractivity contribution >= 4 is 11.7 Å². The largest absolute Gasteiger partial charge is 0.497 e. The smallest absolute Gasteiger partial charge is 0.319 e. The van der Waals surface area contributed by atoms with E-state index < -0.39 is 0 Å². The summed E-state index contributed by atoms with van der Waals surface area (Å²) in [6.45, 7) is 5.01. The molecule has 0 aliphatic heterocycles. The molecule has 0 heterocycles. The number of rotatable bonds is 7. The average molecular weight is 328 g/mol. The van der Waals surface area contributed by atoms with Crippen LogP contribution in [-0.2, 0) is 0 Å². The highest BCUT2D eigenvalue weighted by Crippen LogP contribution is 2.23. The Balaban J connectivity index is 1.75. The quantitative estimate of drug-likeness (QED) is 0.755. The lowest BCUT2D eigenvalue weighted by Gasteiger charge is -2.14. The van der Waals surface area contributed by atoms with Crippen LogP contribution in [-0.4, -0.2) is 26.3 Å². The Bertz CT molecular complexity index is 654. The molecule has 0 fully saturated rings. The molecule has 0 atom stereocenters. The summed E-state index contributed by atoms with van der Waals surface area (Å²) in [5.74, 6) is 1.87. The standard InChI is InChI=1S/C19H24N2O3/c1-14(2)17-6-4-5-7-18(17)21-19(22)20-12-13-24-16-10-8-15(23-3)9-11-16/h4-11,14H,12-13H2,1-3H3,(H2,20,21,22). The van der Waals surface area contributed by atoms with Gasteiger partial charge in [0.15, 0.2) is 0 Å². The summed E-state index contributed by atoms with van der Waals surface area (Å²) in [7, 11) is 1.62. The zero-order chi connectivity index (χ0) is 17.4.